The molecule has 1 aromatic rings. The molecule has 1 unspecified atom stereocenters. The number of aldehydes is 1. The Morgan fingerprint density at radius 1 is 1.56 bits per heavy atom. The van der Waals surface area contributed by atoms with E-state index in [2.05, 4.69) is 15.9 Å². The van der Waals surface area contributed by atoms with Crippen LogP contribution in [0.1, 0.15) is 18.9 Å². The third-order valence-corrected chi connectivity index (χ3v) is 3.33. The SMILES string of the molecule is CCOC(=O)C(CC=O)Cc1ccc(Br)cc1Cl. The maximum atomic E-state index is 11.7. The largest absolute Gasteiger partial charge is 0.466 e. The lowest BCUT2D eigenvalue weighted by Crippen LogP contribution is -2.20. The molecule has 0 fully saturated rings. The second-order valence-electron chi connectivity index (χ2n) is 3.79. The molecule has 0 radical (unpaired) electrons. The molecule has 1 rings (SSSR count). The van der Waals surface area contributed by atoms with Gasteiger partial charge in [-0.2, -0.15) is 0 Å². The molecule has 18 heavy (non-hydrogen) atoms. The van der Waals surface area contributed by atoms with E-state index in [1.807, 2.05) is 12.1 Å². The van der Waals surface area contributed by atoms with Crippen molar-refractivity contribution in [3.8, 4) is 0 Å². The van der Waals surface area contributed by atoms with E-state index in [1.165, 1.54) is 0 Å². The van der Waals surface area contributed by atoms with Gasteiger partial charge in [-0.05, 0) is 31.0 Å². The van der Waals surface area contributed by atoms with E-state index >= 15 is 0 Å². The van der Waals surface area contributed by atoms with Gasteiger partial charge in [0.1, 0.15) is 6.29 Å². The first kappa shape index (κ1) is 15.2. The highest BCUT2D eigenvalue weighted by atomic mass is 79.9. The van der Waals surface area contributed by atoms with Crippen LogP contribution in [-0.2, 0) is 20.7 Å². The Morgan fingerprint density at radius 2 is 2.28 bits per heavy atom. The summed E-state index contributed by atoms with van der Waals surface area (Å²) in [4.78, 5) is 22.3. The molecular formula is C13H14BrClO3. The maximum Gasteiger partial charge on any atom is 0.309 e. The van der Waals surface area contributed by atoms with Crippen LogP contribution in [0.25, 0.3) is 0 Å². The van der Waals surface area contributed by atoms with E-state index in [0.717, 1.165) is 16.3 Å². The molecule has 0 spiro atoms. The van der Waals surface area contributed by atoms with Gasteiger partial charge in [-0.25, -0.2) is 0 Å². The molecule has 0 saturated carbocycles. The third-order valence-electron chi connectivity index (χ3n) is 2.48. The molecule has 1 atom stereocenters. The molecule has 0 aliphatic rings. The minimum Gasteiger partial charge on any atom is -0.466 e. The van der Waals surface area contributed by atoms with Crippen molar-refractivity contribution in [2.75, 3.05) is 6.61 Å². The Bertz CT molecular complexity index is 434. The normalized spacial score (nSPS) is 11.9. The fraction of sp³-hybridized carbons (Fsp3) is 0.385. The van der Waals surface area contributed by atoms with E-state index in [1.54, 1.807) is 13.0 Å². The van der Waals surface area contributed by atoms with Crippen LogP contribution in [-0.4, -0.2) is 18.9 Å². The molecule has 0 bridgehead atoms. The van der Waals surface area contributed by atoms with Crippen molar-refractivity contribution in [2.45, 2.75) is 19.8 Å². The van der Waals surface area contributed by atoms with Gasteiger partial charge in [0.25, 0.3) is 0 Å². The van der Waals surface area contributed by atoms with Crippen LogP contribution < -0.4 is 0 Å². The zero-order chi connectivity index (χ0) is 13.5. The van der Waals surface area contributed by atoms with E-state index in [4.69, 9.17) is 16.3 Å². The Kier molecular flexibility index (Phi) is 6.36. The van der Waals surface area contributed by atoms with Crippen molar-refractivity contribution in [3.05, 3.63) is 33.3 Å². The molecule has 0 N–H and O–H groups in total. The predicted molar refractivity (Wildman–Crippen MR) is 73.7 cm³/mol. The smallest absolute Gasteiger partial charge is 0.309 e. The standard InChI is InChI=1S/C13H14BrClO3/c1-2-18-13(17)10(5-6-16)7-9-3-4-11(14)8-12(9)15/h3-4,6,8,10H,2,5,7H2,1H3. The predicted octanol–water partition coefficient (Wildman–Crippen LogP) is 3.41. The number of esters is 1. The summed E-state index contributed by atoms with van der Waals surface area (Å²) >= 11 is 9.40. The first-order valence-electron chi connectivity index (χ1n) is 5.62. The second kappa shape index (κ2) is 7.54. The van der Waals surface area contributed by atoms with Gasteiger partial charge in [0.15, 0.2) is 0 Å². The van der Waals surface area contributed by atoms with Crippen molar-refractivity contribution < 1.29 is 14.3 Å². The zero-order valence-corrected chi connectivity index (χ0v) is 12.3. The van der Waals surface area contributed by atoms with Crippen molar-refractivity contribution in [3.63, 3.8) is 0 Å². The maximum absolute atomic E-state index is 11.7. The number of hydrogen-bond acceptors (Lipinski definition) is 3. The highest BCUT2D eigenvalue weighted by Gasteiger charge is 2.20. The Hall–Kier alpha value is -0.870. The van der Waals surface area contributed by atoms with Crippen LogP contribution in [0.5, 0.6) is 0 Å². The number of carbonyl (C=O) groups excluding carboxylic acids is 2. The van der Waals surface area contributed by atoms with Gasteiger partial charge in [0.2, 0.25) is 0 Å². The lowest BCUT2D eigenvalue weighted by atomic mass is 9.97. The first-order valence-corrected chi connectivity index (χ1v) is 6.79. The van der Waals surface area contributed by atoms with Gasteiger partial charge in [0, 0.05) is 15.9 Å². The monoisotopic (exact) mass is 332 g/mol. The summed E-state index contributed by atoms with van der Waals surface area (Å²) in [6, 6.07) is 5.45. The summed E-state index contributed by atoms with van der Waals surface area (Å²) < 4.78 is 5.82. The number of ether oxygens (including phenoxy) is 1. The van der Waals surface area contributed by atoms with Crippen molar-refractivity contribution in [2.24, 2.45) is 5.92 Å². The molecule has 0 aliphatic carbocycles. The summed E-state index contributed by atoms with van der Waals surface area (Å²) in [7, 11) is 0. The minimum absolute atomic E-state index is 0.144. The Labute approximate surface area is 120 Å². The minimum atomic E-state index is -0.471. The molecular weight excluding hydrogens is 319 g/mol. The lowest BCUT2D eigenvalue weighted by molar-refractivity contribution is -0.148. The average molecular weight is 334 g/mol. The summed E-state index contributed by atoms with van der Waals surface area (Å²) in [5.41, 5.74) is 0.833. The van der Waals surface area contributed by atoms with Gasteiger partial charge < -0.3 is 9.53 Å². The van der Waals surface area contributed by atoms with Crippen LogP contribution in [0.2, 0.25) is 5.02 Å². The molecule has 0 amide bonds. The molecule has 98 valence electrons. The van der Waals surface area contributed by atoms with E-state index < -0.39 is 5.92 Å². The first-order chi connectivity index (χ1) is 8.58. The Morgan fingerprint density at radius 3 is 2.83 bits per heavy atom. The van der Waals surface area contributed by atoms with Crippen LogP contribution in [0.3, 0.4) is 0 Å². The van der Waals surface area contributed by atoms with Gasteiger partial charge in [-0.1, -0.05) is 33.6 Å². The van der Waals surface area contributed by atoms with Crippen molar-refractivity contribution >= 4 is 39.8 Å². The quantitative estimate of drug-likeness (QED) is 0.592. The van der Waals surface area contributed by atoms with E-state index in [9.17, 15) is 9.59 Å². The van der Waals surface area contributed by atoms with Crippen LogP contribution in [0, 0.1) is 5.92 Å². The highest BCUT2D eigenvalue weighted by Crippen LogP contribution is 2.24. The third kappa shape index (κ3) is 4.42. The summed E-state index contributed by atoms with van der Waals surface area (Å²) in [6.07, 6.45) is 1.28. The van der Waals surface area contributed by atoms with Gasteiger partial charge in [-0.3, -0.25) is 4.79 Å². The number of carbonyl (C=O) groups is 2. The van der Waals surface area contributed by atoms with Crippen molar-refractivity contribution in [1.29, 1.82) is 0 Å². The number of halogens is 2. The number of hydrogen-bond donors (Lipinski definition) is 0. The summed E-state index contributed by atoms with van der Waals surface area (Å²) in [6.45, 7) is 2.05. The molecule has 1 aromatic carbocycles. The van der Waals surface area contributed by atoms with Gasteiger partial charge >= 0.3 is 5.97 Å². The van der Waals surface area contributed by atoms with Crippen molar-refractivity contribution in [1.82, 2.24) is 0 Å². The molecule has 0 heterocycles. The lowest BCUT2D eigenvalue weighted by Gasteiger charge is -2.14. The number of benzene rings is 1. The molecule has 5 heteroatoms. The molecule has 0 aliphatic heterocycles. The topological polar surface area (TPSA) is 43.4 Å². The highest BCUT2D eigenvalue weighted by molar-refractivity contribution is 9.10. The van der Waals surface area contributed by atoms with E-state index in [0.29, 0.717) is 18.1 Å². The average Bonchev–Trinajstić information content (AvgIpc) is 2.32. The van der Waals surface area contributed by atoms with Gasteiger partial charge in [-0.15, -0.1) is 0 Å². The fourth-order valence-corrected chi connectivity index (χ4v) is 2.34. The molecule has 0 saturated heterocycles. The van der Waals surface area contributed by atoms with Crippen LogP contribution >= 0.6 is 27.5 Å². The molecule has 0 aromatic heterocycles. The second-order valence-corrected chi connectivity index (χ2v) is 5.11. The van der Waals surface area contributed by atoms with Crippen LogP contribution in [0.4, 0.5) is 0 Å². The summed E-state index contributed by atoms with van der Waals surface area (Å²) in [5.74, 6) is -0.829. The fourth-order valence-electron chi connectivity index (χ4n) is 1.59. The molecule has 3 nitrogen and oxygen atoms in total. The van der Waals surface area contributed by atoms with Crippen LogP contribution in [0.15, 0.2) is 22.7 Å². The van der Waals surface area contributed by atoms with E-state index in [-0.39, 0.29) is 12.4 Å². The summed E-state index contributed by atoms with van der Waals surface area (Å²) in [5, 5.41) is 0.574. The Balaban J connectivity index is 2.82. The van der Waals surface area contributed by atoms with Gasteiger partial charge in [0.05, 0.1) is 12.5 Å². The zero-order valence-electron chi connectivity index (χ0n) is 9.99. The number of rotatable bonds is 6.